The van der Waals surface area contributed by atoms with E-state index in [1.807, 2.05) is 0 Å². The molecular formula is C18H36O6. The predicted molar refractivity (Wildman–Crippen MR) is 95.0 cm³/mol. The molecule has 6 nitrogen and oxygen atoms in total. The SMILES string of the molecule is C.COC(C)C(=O)OCCCC(CCCCCCC(=O)O)C(C)=O.[2HH]. The minimum Gasteiger partial charge on any atom is -0.481 e. The summed E-state index contributed by atoms with van der Waals surface area (Å²) in [5, 5.41) is 8.55. The zero-order valence-electron chi connectivity index (χ0n) is 14.5. The van der Waals surface area contributed by atoms with Crippen LogP contribution in [0.15, 0.2) is 0 Å². The van der Waals surface area contributed by atoms with Crippen LogP contribution in [0.25, 0.3) is 0 Å². The van der Waals surface area contributed by atoms with Crippen molar-refractivity contribution in [2.75, 3.05) is 13.7 Å². The quantitative estimate of drug-likeness (QED) is 0.378. The molecule has 0 fully saturated rings. The van der Waals surface area contributed by atoms with Crippen LogP contribution in [0.5, 0.6) is 0 Å². The van der Waals surface area contributed by atoms with Crippen molar-refractivity contribution >= 4 is 17.7 Å². The topological polar surface area (TPSA) is 89.9 Å². The Labute approximate surface area is 147 Å². The Kier molecular flexibility index (Phi) is 15.6. The highest BCUT2D eigenvalue weighted by atomic mass is 16.6. The fraction of sp³-hybridized carbons (Fsp3) is 0.833. The summed E-state index contributed by atoms with van der Waals surface area (Å²) in [6.45, 7) is 3.52. The number of carboxylic acids is 1. The molecule has 1 N–H and O–H groups in total. The van der Waals surface area contributed by atoms with Gasteiger partial charge in [0.15, 0.2) is 6.10 Å². The molecule has 0 saturated heterocycles. The maximum atomic E-state index is 11.6. The number of hydrogen-bond donors (Lipinski definition) is 1. The van der Waals surface area contributed by atoms with Crippen molar-refractivity contribution in [3.63, 3.8) is 0 Å². The lowest BCUT2D eigenvalue weighted by Gasteiger charge is -2.14. The number of ketones is 1. The molecular weight excluding hydrogens is 312 g/mol. The summed E-state index contributed by atoms with van der Waals surface area (Å²) < 4.78 is 9.94. The number of Topliss-reactive ketones (excluding diaryl/α,β-unsaturated/α-hetero) is 1. The molecule has 2 atom stereocenters. The number of carboxylic acid groups (broad SMARTS) is 1. The van der Waals surface area contributed by atoms with Gasteiger partial charge in [-0.2, -0.15) is 0 Å². The van der Waals surface area contributed by atoms with E-state index in [-0.39, 0.29) is 32.9 Å². The number of carbonyl (C=O) groups excluding carboxylic acids is 2. The van der Waals surface area contributed by atoms with Gasteiger partial charge in [0.05, 0.1) is 6.61 Å². The summed E-state index contributed by atoms with van der Waals surface area (Å²) in [4.78, 5) is 33.4. The molecule has 0 aromatic rings. The van der Waals surface area contributed by atoms with E-state index in [9.17, 15) is 14.4 Å². The van der Waals surface area contributed by atoms with Gasteiger partial charge in [-0.3, -0.25) is 9.59 Å². The zero-order chi connectivity index (χ0) is 17.7. The van der Waals surface area contributed by atoms with E-state index >= 15 is 0 Å². The summed E-state index contributed by atoms with van der Waals surface area (Å²) in [6, 6.07) is 0. The second-order valence-corrected chi connectivity index (χ2v) is 5.84. The van der Waals surface area contributed by atoms with Gasteiger partial charge in [0.1, 0.15) is 5.78 Å². The monoisotopic (exact) mass is 349 g/mol. The van der Waals surface area contributed by atoms with Crippen molar-refractivity contribution in [1.29, 1.82) is 0 Å². The minimum atomic E-state index is -0.760. The largest absolute Gasteiger partial charge is 0.481 e. The Hall–Kier alpha value is -1.43. The molecule has 24 heavy (non-hydrogen) atoms. The lowest BCUT2D eigenvalue weighted by molar-refractivity contribution is -0.154. The second-order valence-electron chi connectivity index (χ2n) is 5.84. The van der Waals surface area contributed by atoms with Gasteiger partial charge in [0.25, 0.3) is 0 Å². The molecule has 0 aliphatic rings. The lowest BCUT2D eigenvalue weighted by Crippen LogP contribution is -2.22. The van der Waals surface area contributed by atoms with Crippen LogP contribution < -0.4 is 0 Å². The summed E-state index contributed by atoms with van der Waals surface area (Å²) >= 11 is 0. The standard InChI is InChI=1S/C17H30O6.CH4.H2/c1-13(18)15(9-6-4-5-7-11-16(19)20)10-8-12-23-17(21)14(2)22-3;;/h14-15H,4-12H2,1-3H3,(H,19,20);1H4;1H/i;;1+1. The molecule has 0 aliphatic heterocycles. The predicted octanol–water partition coefficient (Wildman–Crippen LogP) is 3.86. The number of hydrogen-bond acceptors (Lipinski definition) is 5. The fourth-order valence-corrected chi connectivity index (χ4v) is 2.29. The van der Waals surface area contributed by atoms with Gasteiger partial charge >= 0.3 is 11.9 Å². The maximum Gasteiger partial charge on any atom is 0.334 e. The number of unbranched alkanes of at least 4 members (excludes halogenated alkanes) is 3. The number of methoxy groups -OCH3 is 1. The van der Waals surface area contributed by atoms with Crippen molar-refractivity contribution in [3.8, 4) is 0 Å². The third-order valence-corrected chi connectivity index (χ3v) is 3.89. The Morgan fingerprint density at radius 2 is 1.62 bits per heavy atom. The molecule has 0 aromatic carbocycles. The average Bonchev–Trinajstić information content (AvgIpc) is 2.50. The number of esters is 1. The van der Waals surface area contributed by atoms with Crippen molar-refractivity contribution in [2.45, 2.75) is 78.7 Å². The van der Waals surface area contributed by atoms with Crippen molar-refractivity contribution in [1.82, 2.24) is 0 Å². The zero-order valence-corrected chi connectivity index (χ0v) is 14.5. The van der Waals surface area contributed by atoms with Crippen LogP contribution in [0.3, 0.4) is 0 Å². The second kappa shape index (κ2) is 15.1. The first-order valence-corrected chi connectivity index (χ1v) is 8.30. The summed E-state index contributed by atoms with van der Waals surface area (Å²) in [6.07, 6.45) is 5.25. The molecule has 0 radical (unpaired) electrons. The van der Waals surface area contributed by atoms with Crippen molar-refractivity contribution < 1.29 is 30.4 Å². The Morgan fingerprint density at radius 3 is 2.17 bits per heavy atom. The van der Waals surface area contributed by atoms with Gasteiger partial charge in [-0.05, 0) is 39.5 Å². The van der Waals surface area contributed by atoms with Crippen LogP contribution in [0.1, 0.15) is 74.1 Å². The fourth-order valence-electron chi connectivity index (χ4n) is 2.29. The molecule has 0 aromatic heterocycles. The minimum absolute atomic E-state index is 0. The number of rotatable bonds is 14. The number of ether oxygens (including phenoxy) is 2. The lowest BCUT2D eigenvalue weighted by atomic mass is 9.92. The average molecular weight is 349 g/mol. The van der Waals surface area contributed by atoms with Crippen LogP contribution in [-0.2, 0) is 23.9 Å². The smallest absolute Gasteiger partial charge is 0.334 e. The van der Waals surface area contributed by atoms with E-state index in [1.165, 1.54) is 7.11 Å². The molecule has 0 rings (SSSR count). The van der Waals surface area contributed by atoms with E-state index in [0.29, 0.717) is 25.9 Å². The molecule has 0 spiro atoms. The van der Waals surface area contributed by atoms with E-state index in [1.54, 1.807) is 13.8 Å². The Bertz CT molecular complexity index is 373. The summed E-state index contributed by atoms with van der Waals surface area (Å²) in [7, 11) is 1.45. The number of carbonyl (C=O) groups is 3. The van der Waals surface area contributed by atoms with E-state index in [4.69, 9.17) is 14.6 Å². The van der Waals surface area contributed by atoms with Gasteiger partial charge in [-0.25, -0.2) is 4.79 Å². The van der Waals surface area contributed by atoms with Crippen LogP contribution in [0.2, 0.25) is 0 Å². The molecule has 0 amide bonds. The molecule has 0 saturated carbocycles. The molecule has 0 heterocycles. The van der Waals surface area contributed by atoms with Crippen molar-refractivity contribution in [2.24, 2.45) is 5.92 Å². The first kappa shape index (κ1) is 24.8. The highest BCUT2D eigenvalue weighted by molar-refractivity contribution is 5.78. The van der Waals surface area contributed by atoms with Crippen LogP contribution in [0, 0.1) is 5.92 Å². The van der Waals surface area contributed by atoms with Gasteiger partial charge in [-0.15, -0.1) is 0 Å². The van der Waals surface area contributed by atoms with E-state index in [0.717, 1.165) is 25.7 Å². The Balaban J connectivity index is -0.00000242. The summed E-state index contributed by atoms with van der Waals surface area (Å²) in [5.41, 5.74) is 0. The van der Waals surface area contributed by atoms with E-state index < -0.39 is 12.1 Å². The van der Waals surface area contributed by atoms with Crippen LogP contribution in [0.4, 0.5) is 0 Å². The first-order chi connectivity index (χ1) is 10.9. The molecule has 0 bridgehead atoms. The number of aliphatic carboxylic acids is 1. The van der Waals surface area contributed by atoms with Gasteiger partial charge in [0, 0.05) is 20.9 Å². The van der Waals surface area contributed by atoms with Gasteiger partial charge < -0.3 is 14.6 Å². The van der Waals surface area contributed by atoms with Crippen LogP contribution >= 0.6 is 0 Å². The highest BCUT2D eigenvalue weighted by Crippen LogP contribution is 2.18. The van der Waals surface area contributed by atoms with E-state index in [2.05, 4.69) is 0 Å². The molecule has 0 aliphatic carbocycles. The maximum absolute atomic E-state index is 11.6. The molecule has 6 heteroatoms. The Morgan fingerprint density at radius 1 is 1.04 bits per heavy atom. The third-order valence-electron chi connectivity index (χ3n) is 3.89. The normalized spacial score (nSPS) is 12.8. The van der Waals surface area contributed by atoms with Gasteiger partial charge in [-0.1, -0.05) is 26.7 Å². The van der Waals surface area contributed by atoms with Crippen LogP contribution in [-0.4, -0.2) is 42.6 Å². The van der Waals surface area contributed by atoms with Crippen molar-refractivity contribution in [3.05, 3.63) is 0 Å². The molecule has 144 valence electrons. The van der Waals surface area contributed by atoms with Gasteiger partial charge in [0.2, 0.25) is 0 Å². The third kappa shape index (κ3) is 13.0. The summed E-state index contributed by atoms with van der Waals surface area (Å²) in [5.74, 6) is -0.991. The molecule has 2 unspecified atom stereocenters. The highest BCUT2D eigenvalue weighted by Gasteiger charge is 2.16. The first-order valence-electron chi connectivity index (χ1n) is 8.30.